The fourth-order valence-electron chi connectivity index (χ4n) is 2.95. The van der Waals surface area contributed by atoms with Crippen LogP contribution < -0.4 is 9.47 Å². The fourth-order valence-corrected chi connectivity index (χ4v) is 3.91. The number of para-hydroxylation sites is 2. The van der Waals surface area contributed by atoms with Gasteiger partial charge < -0.3 is 9.47 Å². The summed E-state index contributed by atoms with van der Waals surface area (Å²) in [5.74, 6) is 2.41. The van der Waals surface area contributed by atoms with Crippen LogP contribution in [0.5, 0.6) is 17.2 Å². The summed E-state index contributed by atoms with van der Waals surface area (Å²) < 4.78 is 27.3. The van der Waals surface area contributed by atoms with Gasteiger partial charge >= 0.3 is 0 Å². The van der Waals surface area contributed by atoms with Crippen molar-refractivity contribution in [2.24, 2.45) is 0 Å². The van der Waals surface area contributed by atoms with Crippen molar-refractivity contribution in [1.82, 2.24) is 19.7 Å². The van der Waals surface area contributed by atoms with Gasteiger partial charge in [-0.05, 0) is 30.3 Å². The van der Waals surface area contributed by atoms with Crippen LogP contribution in [0, 0.1) is 5.82 Å². The molecule has 0 amide bonds. The van der Waals surface area contributed by atoms with E-state index in [1.54, 1.807) is 36.7 Å². The first-order chi connectivity index (χ1) is 15.7. The SMILES string of the molecule is C=CCn1c(COc2ccccc2F)nnc1SCc1ccccc1Oc1cccnc1. The number of benzene rings is 2. The molecule has 0 radical (unpaired) electrons. The zero-order valence-corrected chi connectivity index (χ0v) is 18.0. The number of allylic oxidation sites excluding steroid dienone is 1. The van der Waals surface area contributed by atoms with E-state index in [1.165, 1.54) is 17.8 Å². The number of nitrogens with zero attached hydrogens (tertiary/aromatic N) is 4. The van der Waals surface area contributed by atoms with Crippen LogP contribution in [-0.2, 0) is 18.9 Å². The highest BCUT2D eigenvalue weighted by Gasteiger charge is 2.15. The van der Waals surface area contributed by atoms with Gasteiger partial charge in [-0.1, -0.05) is 48.2 Å². The highest BCUT2D eigenvalue weighted by Crippen LogP contribution is 2.30. The van der Waals surface area contributed by atoms with Gasteiger partial charge in [0.15, 0.2) is 22.5 Å². The Morgan fingerprint density at radius 3 is 2.59 bits per heavy atom. The number of hydrogen-bond donors (Lipinski definition) is 0. The third-order valence-electron chi connectivity index (χ3n) is 4.49. The highest BCUT2D eigenvalue weighted by atomic mass is 32.2. The summed E-state index contributed by atoms with van der Waals surface area (Å²) >= 11 is 1.53. The summed E-state index contributed by atoms with van der Waals surface area (Å²) in [5, 5.41) is 9.26. The van der Waals surface area contributed by atoms with E-state index >= 15 is 0 Å². The minimum atomic E-state index is -0.415. The molecule has 8 heteroatoms. The first-order valence-electron chi connectivity index (χ1n) is 9.93. The third-order valence-corrected chi connectivity index (χ3v) is 5.51. The van der Waals surface area contributed by atoms with Crippen LogP contribution in [0.2, 0.25) is 0 Å². The molecule has 0 atom stereocenters. The molecule has 0 bridgehead atoms. The van der Waals surface area contributed by atoms with E-state index in [1.807, 2.05) is 41.0 Å². The van der Waals surface area contributed by atoms with Crippen LogP contribution in [0.15, 0.2) is 90.9 Å². The van der Waals surface area contributed by atoms with Gasteiger partial charge in [0.05, 0.1) is 6.20 Å². The average molecular weight is 449 g/mol. The zero-order chi connectivity index (χ0) is 22.2. The van der Waals surface area contributed by atoms with E-state index in [0.29, 0.717) is 29.0 Å². The summed E-state index contributed by atoms with van der Waals surface area (Å²) in [6.45, 7) is 4.43. The van der Waals surface area contributed by atoms with E-state index in [-0.39, 0.29) is 12.4 Å². The molecule has 2 aromatic carbocycles. The zero-order valence-electron chi connectivity index (χ0n) is 17.2. The largest absolute Gasteiger partial charge is 0.483 e. The predicted octanol–water partition coefficient (Wildman–Crippen LogP) is 5.66. The van der Waals surface area contributed by atoms with Gasteiger partial charge in [0.1, 0.15) is 18.1 Å². The van der Waals surface area contributed by atoms with Crippen molar-refractivity contribution in [2.45, 2.75) is 24.1 Å². The minimum absolute atomic E-state index is 0.100. The molecule has 32 heavy (non-hydrogen) atoms. The van der Waals surface area contributed by atoms with Gasteiger partial charge in [-0.2, -0.15) is 0 Å². The van der Waals surface area contributed by atoms with Crippen LogP contribution in [0.25, 0.3) is 0 Å². The van der Waals surface area contributed by atoms with Crippen molar-refractivity contribution in [2.75, 3.05) is 0 Å². The molecule has 0 aliphatic carbocycles. The maximum Gasteiger partial charge on any atom is 0.191 e. The summed E-state index contributed by atoms with van der Waals surface area (Å²) in [4.78, 5) is 4.09. The van der Waals surface area contributed by atoms with E-state index in [9.17, 15) is 4.39 Å². The van der Waals surface area contributed by atoms with Crippen LogP contribution in [0.3, 0.4) is 0 Å². The molecule has 0 aliphatic heterocycles. The predicted molar refractivity (Wildman–Crippen MR) is 121 cm³/mol. The van der Waals surface area contributed by atoms with Crippen LogP contribution >= 0.6 is 11.8 Å². The fraction of sp³-hybridized carbons (Fsp3) is 0.125. The Bertz CT molecular complexity index is 1180. The number of ether oxygens (including phenoxy) is 2. The van der Waals surface area contributed by atoms with E-state index < -0.39 is 5.82 Å². The lowest BCUT2D eigenvalue weighted by Crippen LogP contribution is -2.08. The smallest absolute Gasteiger partial charge is 0.191 e. The van der Waals surface area contributed by atoms with Gasteiger partial charge in [-0.3, -0.25) is 9.55 Å². The molecule has 4 rings (SSSR count). The minimum Gasteiger partial charge on any atom is -0.483 e. The second-order valence-electron chi connectivity index (χ2n) is 6.70. The van der Waals surface area contributed by atoms with E-state index in [0.717, 1.165) is 11.3 Å². The Morgan fingerprint density at radius 2 is 1.81 bits per heavy atom. The molecule has 2 aromatic heterocycles. The molecule has 0 fully saturated rings. The third kappa shape index (κ3) is 5.33. The summed E-state index contributed by atoms with van der Waals surface area (Å²) in [6.07, 6.45) is 5.14. The number of hydrogen-bond acceptors (Lipinski definition) is 6. The molecular weight excluding hydrogens is 427 g/mol. The molecule has 0 N–H and O–H groups in total. The molecule has 2 heterocycles. The standard InChI is InChI=1S/C24H21FN4O2S/c1-2-14-29-23(16-30-22-12-6-4-10-20(22)25)27-28-24(29)32-17-18-8-3-5-11-21(18)31-19-9-7-13-26-15-19/h2-13,15H,1,14,16-17H2. The summed E-state index contributed by atoms with van der Waals surface area (Å²) in [6, 6.07) is 17.8. The lowest BCUT2D eigenvalue weighted by Gasteiger charge is -2.12. The monoisotopic (exact) mass is 448 g/mol. The van der Waals surface area contributed by atoms with E-state index in [2.05, 4.69) is 21.8 Å². The van der Waals surface area contributed by atoms with Gasteiger partial charge in [-0.25, -0.2) is 4.39 Å². The normalized spacial score (nSPS) is 10.7. The number of pyridine rings is 1. The molecular formula is C24H21FN4O2S. The van der Waals surface area contributed by atoms with Crippen LogP contribution in [0.1, 0.15) is 11.4 Å². The second kappa shape index (κ2) is 10.6. The molecule has 6 nitrogen and oxygen atoms in total. The lowest BCUT2D eigenvalue weighted by atomic mass is 10.2. The van der Waals surface area contributed by atoms with Crippen LogP contribution in [-0.4, -0.2) is 19.7 Å². The molecule has 0 saturated carbocycles. The Morgan fingerprint density at radius 1 is 1.00 bits per heavy atom. The Balaban J connectivity index is 1.47. The second-order valence-corrected chi connectivity index (χ2v) is 7.65. The van der Waals surface area contributed by atoms with Crippen molar-refractivity contribution < 1.29 is 13.9 Å². The maximum atomic E-state index is 13.8. The number of thioether (sulfide) groups is 1. The van der Waals surface area contributed by atoms with Crippen molar-refractivity contribution in [3.05, 3.63) is 103 Å². The molecule has 162 valence electrons. The van der Waals surface area contributed by atoms with Crippen LogP contribution in [0.4, 0.5) is 4.39 Å². The van der Waals surface area contributed by atoms with Crippen molar-refractivity contribution in [3.63, 3.8) is 0 Å². The quantitative estimate of drug-likeness (QED) is 0.230. The first-order valence-corrected chi connectivity index (χ1v) is 10.9. The van der Waals surface area contributed by atoms with Gasteiger partial charge in [-0.15, -0.1) is 16.8 Å². The molecule has 0 spiro atoms. The Hall–Kier alpha value is -3.65. The topological polar surface area (TPSA) is 62.1 Å². The van der Waals surface area contributed by atoms with Crippen molar-refractivity contribution in [1.29, 1.82) is 0 Å². The number of halogens is 1. The Kier molecular flexibility index (Phi) is 7.14. The molecule has 0 aliphatic rings. The number of aromatic nitrogens is 4. The van der Waals surface area contributed by atoms with E-state index in [4.69, 9.17) is 9.47 Å². The average Bonchev–Trinajstić information content (AvgIpc) is 3.20. The summed E-state index contributed by atoms with van der Waals surface area (Å²) in [7, 11) is 0. The highest BCUT2D eigenvalue weighted by molar-refractivity contribution is 7.98. The van der Waals surface area contributed by atoms with Gasteiger partial charge in [0, 0.05) is 24.1 Å². The molecule has 0 unspecified atom stereocenters. The molecule has 4 aromatic rings. The van der Waals surface area contributed by atoms with Crippen molar-refractivity contribution >= 4 is 11.8 Å². The van der Waals surface area contributed by atoms with Crippen molar-refractivity contribution in [3.8, 4) is 17.2 Å². The van der Waals surface area contributed by atoms with Gasteiger partial charge in [0.2, 0.25) is 0 Å². The maximum absolute atomic E-state index is 13.8. The number of rotatable bonds is 10. The Labute approximate surface area is 189 Å². The first kappa shape index (κ1) is 21.6. The summed E-state index contributed by atoms with van der Waals surface area (Å²) in [5.41, 5.74) is 1.01. The van der Waals surface area contributed by atoms with Gasteiger partial charge in [0.25, 0.3) is 0 Å². The molecule has 0 saturated heterocycles. The lowest BCUT2D eigenvalue weighted by molar-refractivity contribution is 0.275.